The molecule has 0 aliphatic heterocycles. The molecule has 1 aromatic carbocycles. The molecule has 0 unspecified atom stereocenters. The first-order valence-electron chi connectivity index (χ1n) is 5.22. The molecular weight excluding hydrogens is 202 g/mol. The number of hydrogen-bond donors (Lipinski definition) is 1. The fourth-order valence-electron chi connectivity index (χ4n) is 1.56. The standard InChI is InChI=1S/C13H19NS/c1-11-7-12(2)9-13(8-11)10-15-6-4-3-5-14/h3-4,7-9H,5-6,10,14H2,1-2H3/b4-3+. The molecule has 1 aromatic rings. The van der Waals surface area contributed by atoms with Gasteiger partial charge in [-0.3, -0.25) is 0 Å². The Morgan fingerprint density at radius 1 is 1.13 bits per heavy atom. The van der Waals surface area contributed by atoms with Gasteiger partial charge in [0.05, 0.1) is 0 Å². The SMILES string of the molecule is Cc1cc(C)cc(CSC/C=C/CN)c1. The Balaban J connectivity index is 2.40. The third-order valence-electron chi connectivity index (χ3n) is 2.07. The van der Waals surface area contributed by atoms with E-state index in [0.29, 0.717) is 6.54 Å². The summed E-state index contributed by atoms with van der Waals surface area (Å²) in [6, 6.07) is 6.72. The molecule has 0 spiro atoms. The topological polar surface area (TPSA) is 26.0 Å². The third-order valence-corrected chi connectivity index (χ3v) is 3.03. The van der Waals surface area contributed by atoms with Crippen molar-refractivity contribution in [2.75, 3.05) is 12.3 Å². The second kappa shape index (κ2) is 6.70. The molecule has 0 aliphatic rings. The van der Waals surface area contributed by atoms with Crippen LogP contribution in [0.5, 0.6) is 0 Å². The van der Waals surface area contributed by atoms with Gasteiger partial charge in [0.1, 0.15) is 0 Å². The summed E-state index contributed by atoms with van der Waals surface area (Å²) in [5, 5.41) is 0. The number of benzene rings is 1. The molecule has 0 saturated heterocycles. The van der Waals surface area contributed by atoms with Crippen molar-refractivity contribution >= 4 is 11.8 Å². The minimum Gasteiger partial charge on any atom is -0.327 e. The van der Waals surface area contributed by atoms with Gasteiger partial charge in [0.25, 0.3) is 0 Å². The van der Waals surface area contributed by atoms with Crippen LogP contribution in [0.3, 0.4) is 0 Å². The summed E-state index contributed by atoms with van der Waals surface area (Å²) in [7, 11) is 0. The highest BCUT2D eigenvalue weighted by Gasteiger charge is 1.95. The zero-order valence-corrected chi connectivity index (χ0v) is 10.3. The van der Waals surface area contributed by atoms with E-state index in [-0.39, 0.29) is 0 Å². The van der Waals surface area contributed by atoms with Crippen LogP contribution >= 0.6 is 11.8 Å². The van der Waals surface area contributed by atoms with Crippen molar-refractivity contribution in [2.24, 2.45) is 5.73 Å². The molecule has 82 valence electrons. The van der Waals surface area contributed by atoms with Crippen molar-refractivity contribution < 1.29 is 0 Å². The van der Waals surface area contributed by atoms with Gasteiger partial charge in [-0.2, -0.15) is 11.8 Å². The van der Waals surface area contributed by atoms with E-state index in [1.807, 2.05) is 17.8 Å². The molecule has 0 fully saturated rings. The highest BCUT2D eigenvalue weighted by Crippen LogP contribution is 2.15. The average Bonchev–Trinajstić information content (AvgIpc) is 2.16. The summed E-state index contributed by atoms with van der Waals surface area (Å²) in [5.74, 6) is 2.13. The van der Waals surface area contributed by atoms with E-state index in [4.69, 9.17) is 5.73 Å². The van der Waals surface area contributed by atoms with Crippen molar-refractivity contribution in [1.29, 1.82) is 0 Å². The first-order valence-corrected chi connectivity index (χ1v) is 6.38. The van der Waals surface area contributed by atoms with Gasteiger partial charge in [0, 0.05) is 18.1 Å². The van der Waals surface area contributed by atoms with Gasteiger partial charge in [-0.25, -0.2) is 0 Å². The molecule has 0 amide bonds. The summed E-state index contributed by atoms with van der Waals surface area (Å²) in [6.45, 7) is 4.94. The fourth-order valence-corrected chi connectivity index (χ4v) is 2.35. The smallest absolute Gasteiger partial charge is 0.0187 e. The summed E-state index contributed by atoms with van der Waals surface area (Å²) < 4.78 is 0. The molecule has 1 rings (SSSR count). The van der Waals surface area contributed by atoms with E-state index in [1.54, 1.807) is 0 Å². The highest BCUT2D eigenvalue weighted by molar-refractivity contribution is 7.98. The van der Waals surface area contributed by atoms with Crippen LogP contribution in [0.4, 0.5) is 0 Å². The Bertz CT molecular complexity index is 311. The quantitative estimate of drug-likeness (QED) is 0.611. The van der Waals surface area contributed by atoms with Crippen LogP contribution in [-0.2, 0) is 5.75 Å². The minimum atomic E-state index is 0.643. The maximum Gasteiger partial charge on any atom is 0.0187 e. The Kier molecular flexibility index (Phi) is 5.51. The van der Waals surface area contributed by atoms with E-state index < -0.39 is 0 Å². The lowest BCUT2D eigenvalue weighted by atomic mass is 10.1. The van der Waals surface area contributed by atoms with E-state index in [2.05, 4.69) is 38.1 Å². The molecule has 0 bridgehead atoms. The summed E-state index contributed by atoms with van der Waals surface area (Å²) >= 11 is 1.92. The molecule has 0 atom stereocenters. The number of thioether (sulfide) groups is 1. The van der Waals surface area contributed by atoms with E-state index in [9.17, 15) is 0 Å². The Morgan fingerprint density at radius 2 is 1.80 bits per heavy atom. The molecule has 1 nitrogen and oxygen atoms in total. The van der Waals surface area contributed by atoms with Crippen LogP contribution in [0, 0.1) is 13.8 Å². The largest absolute Gasteiger partial charge is 0.327 e. The van der Waals surface area contributed by atoms with Gasteiger partial charge in [-0.05, 0) is 19.4 Å². The second-order valence-electron chi connectivity index (χ2n) is 3.72. The van der Waals surface area contributed by atoms with Crippen molar-refractivity contribution in [3.8, 4) is 0 Å². The maximum absolute atomic E-state index is 5.37. The van der Waals surface area contributed by atoms with Crippen LogP contribution in [0.25, 0.3) is 0 Å². The van der Waals surface area contributed by atoms with E-state index >= 15 is 0 Å². The molecule has 2 N–H and O–H groups in total. The number of aryl methyl sites for hydroxylation is 2. The number of hydrogen-bond acceptors (Lipinski definition) is 2. The predicted octanol–water partition coefficient (Wildman–Crippen LogP) is 3.05. The summed E-state index contributed by atoms with van der Waals surface area (Å²) in [4.78, 5) is 0. The Morgan fingerprint density at radius 3 is 2.40 bits per heavy atom. The molecule has 0 radical (unpaired) electrons. The van der Waals surface area contributed by atoms with Crippen molar-refractivity contribution in [3.05, 3.63) is 47.0 Å². The van der Waals surface area contributed by atoms with Crippen LogP contribution in [0.2, 0.25) is 0 Å². The van der Waals surface area contributed by atoms with Crippen LogP contribution in [-0.4, -0.2) is 12.3 Å². The van der Waals surface area contributed by atoms with Crippen molar-refractivity contribution in [3.63, 3.8) is 0 Å². The van der Waals surface area contributed by atoms with Gasteiger partial charge in [-0.1, -0.05) is 41.5 Å². The van der Waals surface area contributed by atoms with Crippen LogP contribution in [0.1, 0.15) is 16.7 Å². The maximum atomic E-state index is 5.37. The summed E-state index contributed by atoms with van der Waals surface area (Å²) in [6.07, 6.45) is 4.14. The first kappa shape index (κ1) is 12.3. The lowest BCUT2D eigenvalue weighted by Gasteiger charge is -2.03. The predicted molar refractivity (Wildman–Crippen MR) is 70.3 cm³/mol. The third kappa shape index (κ3) is 5.05. The fraction of sp³-hybridized carbons (Fsp3) is 0.385. The zero-order valence-electron chi connectivity index (χ0n) is 9.49. The first-order chi connectivity index (χ1) is 7.22. The number of nitrogens with two attached hydrogens (primary N) is 1. The van der Waals surface area contributed by atoms with Gasteiger partial charge in [0.2, 0.25) is 0 Å². The number of rotatable bonds is 5. The molecule has 0 aliphatic carbocycles. The normalized spacial score (nSPS) is 11.1. The van der Waals surface area contributed by atoms with Gasteiger partial charge >= 0.3 is 0 Å². The lowest BCUT2D eigenvalue weighted by Crippen LogP contribution is -1.92. The Labute approximate surface area is 96.8 Å². The summed E-state index contributed by atoms with van der Waals surface area (Å²) in [5.41, 5.74) is 9.48. The van der Waals surface area contributed by atoms with Gasteiger partial charge in [0.15, 0.2) is 0 Å². The zero-order chi connectivity index (χ0) is 11.1. The van der Waals surface area contributed by atoms with E-state index in [0.717, 1.165) is 11.5 Å². The molecule has 15 heavy (non-hydrogen) atoms. The van der Waals surface area contributed by atoms with Gasteiger partial charge in [-0.15, -0.1) is 0 Å². The average molecular weight is 221 g/mol. The Hall–Kier alpha value is -0.730. The second-order valence-corrected chi connectivity index (χ2v) is 4.75. The van der Waals surface area contributed by atoms with Crippen molar-refractivity contribution in [1.82, 2.24) is 0 Å². The minimum absolute atomic E-state index is 0.643. The lowest BCUT2D eigenvalue weighted by molar-refractivity contribution is 1.25. The molecule has 0 heterocycles. The molecule has 0 saturated carbocycles. The van der Waals surface area contributed by atoms with Gasteiger partial charge < -0.3 is 5.73 Å². The molecular formula is C13H19NS. The van der Waals surface area contributed by atoms with Crippen LogP contribution in [0.15, 0.2) is 30.4 Å². The van der Waals surface area contributed by atoms with Crippen LogP contribution < -0.4 is 5.73 Å². The highest BCUT2D eigenvalue weighted by atomic mass is 32.2. The monoisotopic (exact) mass is 221 g/mol. The van der Waals surface area contributed by atoms with Crippen molar-refractivity contribution in [2.45, 2.75) is 19.6 Å². The molecule has 2 heteroatoms. The van der Waals surface area contributed by atoms with E-state index in [1.165, 1.54) is 16.7 Å². The molecule has 0 aromatic heterocycles.